The van der Waals surface area contributed by atoms with Crippen LogP contribution < -0.4 is 10.6 Å². The van der Waals surface area contributed by atoms with Crippen molar-refractivity contribution in [3.05, 3.63) is 0 Å². The van der Waals surface area contributed by atoms with Crippen molar-refractivity contribution >= 4 is 18.0 Å². The number of carbonyl (C=O) groups is 3. The maximum atomic E-state index is 12.7. The van der Waals surface area contributed by atoms with Gasteiger partial charge in [-0.2, -0.15) is 0 Å². The lowest BCUT2D eigenvalue weighted by molar-refractivity contribution is -0.127. The van der Waals surface area contributed by atoms with Crippen molar-refractivity contribution in [2.45, 2.75) is 47.1 Å². The normalized spacial score (nSPS) is 23.4. The van der Waals surface area contributed by atoms with Gasteiger partial charge in [-0.15, -0.1) is 0 Å². The molecule has 2 saturated heterocycles. The monoisotopic (exact) mass is 381 g/mol. The second-order valence-electron chi connectivity index (χ2n) is 8.61. The fourth-order valence-corrected chi connectivity index (χ4v) is 3.83. The molecule has 2 heterocycles. The van der Waals surface area contributed by atoms with Gasteiger partial charge >= 0.3 is 12.1 Å². The summed E-state index contributed by atoms with van der Waals surface area (Å²) in [5.41, 5.74) is -0.410. The second kappa shape index (κ2) is 8.80. The Morgan fingerprint density at radius 2 is 1.63 bits per heavy atom. The molecule has 5 amide bonds. The van der Waals surface area contributed by atoms with E-state index in [1.807, 2.05) is 25.7 Å². The standard InChI is InChI=1S/C19H35N5O3/c1-6-22-11-19(9-16(22)25)12-23(17(26)20-10-14(2)3)7-8-24(13-19)18(27)21-15(4)5/h14-15H,6-13H2,1-5H3,(H,20,26)(H,21,27). The molecule has 0 aromatic heterocycles. The molecule has 0 aliphatic carbocycles. The van der Waals surface area contributed by atoms with Crippen LogP contribution in [0.5, 0.6) is 0 Å². The maximum Gasteiger partial charge on any atom is 0.317 e. The SMILES string of the molecule is CCN1CC2(CC1=O)CN(C(=O)NCC(C)C)CCN(C(=O)NC(C)C)C2. The number of urea groups is 2. The van der Waals surface area contributed by atoms with Crippen LogP contribution >= 0.6 is 0 Å². The number of hydrogen-bond donors (Lipinski definition) is 2. The molecule has 2 fully saturated rings. The molecule has 0 bridgehead atoms. The Kier molecular flexibility index (Phi) is 6.95. The summed E-state index contributed by atoms with van der Waals surface area (Å²) in [6.45, 7) is 13.7. The molecule has 0 aromatic carbocycles. The van der Waals surface area contributed by atoms with Crippen LogP contribution in [-0.4, -0.2) is 84.5 Å². The Bertz CT molecular complexity index is 566. The molecular formula is C19H35N5O3. The van der Waals surface area contributed by atoms with E-state index in [-0.39, 0.29) is 24.0 Å². The van der Waals surface area contributed by atoms with Crippen LogP contribution in [-0.2, 0) is 4.79 Å². The van der Waals surface area contributed by atoms with E-state index in [4.69, 9.17) is 0 Å². The molecule has 2 aliphatic heterocycles. The van der Waals surface area contributed by atoms with E-state index in [0.717, 1.165) is 0 Å². The Balaban J connectivity index is 2.19. The van der Waals surface area contributed by atoms with Crippen molar-refractivity contribution < 1.29 is 14.4 Å². The molecule has 2 N–H and O–H groups in total. The van der Waals surface area contributed by atoms with Gasteiger partial charge in [-0.25, -0.2) is 9.59 Å². The van der Waals surface area contributed by atoms with Gasteiger partial charge < -0.3 is 25.3 Å². The summed E-state index contributed by atoms with van der Waals surface area (Å²) in [6.07, 6.45) is 0.375. The number of nitrogens with one attached hydrogen (secondary N) is 2. The van der Waals surface area contributed by atoms with Gasteiger partial charge in [0.25, 0.3) is 0 Å². The van der Waals surface area contributed by atoms with Gasteiger partial charge in [0, 0.05) is 63.7 Å². The van der Waals surface area contributed by atoms with Gasteiger partial charge in [-0.1, -0.05) is 13.8 Å². The van der Waals surface area contributed by atoms with Crippen molar-refractivity contribution in [1.82, 2.24) is 25.3 Å². The molecule has 1 spiro atoms. The quantitative estimate of drug-likeness (QED) is 0.770. The van der Waals surface area contributed by atoms with E-state index in [2.05, 4.69) is 24.5 Å². The van der Waals surface area contributed by atoms with Crippen molar-refractivity contribution in [1.29, 1.82) is 0 Å². The number of hydrogen-bond acceptors (Lipinski definition) is 3. The van der Waals surface area contributed by atoms with Gasteiger partial charge in [0.15, 0.2) is 0 Å². The molecule has 0 saturated carbocycles. The van der Waals surface area contributed by atoms with Crippen LogP contribution in [0, 0.1) is 11.3 Å². The molecule has 0 aromatic rings. The van der Waals surface area contributed by atoms with Crippen LogP contribution in [0.3, 0.4) is 0 Å². The largest absolute Gasteiger partial charge is 0.342 e. The highest BCUT2D eigenvalue weighted by Gasteiger charge is 2.47. The molecule has 0 radical (unpaired) electrons. The molecule has 1 atom stereocenters. The van der Waals surface area contributed by atoms with Gasteiger partial charge in [0.2, 0.25) is 5.91 Å². The molecule has 8 heteroatoms. The van der Waals surface area contributed by atoms with Crippen molar-refractivity contribution in [2.24, 2.45) is 11.3 Å². The first-order valence-electron chi connectivity index (χ1n) is 10.0. The minimum atomic E-state index is -0.410. The highest BCUT2D eigenvalue weighted by Crippen LogP contribution is 2.35. The third-order valence-electron chi connectivity index (χ3n) is 5.13. The van der Waals surface area contributed by atoms with Crippen molar-refractivity contribution in [3.8, 4) is 0 Å². The van der Waals surface area contributed by atoms with Gasteiger partial charge in [0.05, 0.1) is 0 Å². The number of amides is 5. The number of carbonyl (C=O) groups excluding carboxylic acids is 3. The number of nitrogens with zero attached hydrogens (tertiary/aromatic N) is 3. The van der Waals surface area contributed by atoms with E-state index in [9.17, 15) is 14.4 Å². The molecule has 2 rings (SSSR count). The lowest BCUT2D eigenvalue weighted by atomic mass is 9.86. The summed E-state index contributed by atoms with van der Waals surface area (Å²) in [7, 11) is 0. The lowest BCUT2D eigenvalue weighted by Gasteiger charge is -2.34. The Labute approximate surface area is 162 Å². The van der Waals surface area contributed by atoms with E-state index < -0.39 is 5.41 Å². The summed E-state index contributed by atoms with van der Waals surface area (Å²) in [4.78, 5) is 43.1. The number of rotatable bonds is 4. The molecule has 1 unspecified atom stereocenters. The predicted octanol–water partition coefficient (Wildman–Crippen LogP) is 1.33. The predicted molar refractivity (Wildman–Crippen MR) is 104 cm³/mol. The molecule has 154 valence electrons. The first kappa shape index (κ1) is 21.3. The molecule has 8 nitrogen and oxygen atoms in total. The van der Waals surface area contributed by atoms with Crippen LogP contribution in [0.4, 0.5) is 9.59 Å². The van der Waals surface area contributed by atoms with Crippen LogP contribution in [0.25, 0.3) is 0 Å². The Morgan fingerprint density at radius 1 is 1.04 bits per heavy atom. The summed E-state index contributed by atoms with van der Waals surface area (Å²) in [5.74, 6) is 0.470. The van der Waals surface area contributed by atoms with Gasteiger partial charge in [-0.05, 0) is 26.7 Å². The van der Waals surface area contributed by atoms with E-state index in [1.165, 1.54) is 0 Å². The zero-order valence-electron chi connectivity index (χ0n) is 17.4. The Hall–Kier alpha value is -1.99. The summed E-state index contributed by atoms with van der Waals surface area (Å²) < 4.78 is 0. The van der Waals surface area contributed by atoms with Gasteiger partial charge in [-0.3, -0.25) is 4.79 Å². The minimum Gasteiger partial charge on any atom is -0.342 e. The van der Waals surface area contributed by atoms with Crippen LogP contribution in [0.15, 0.2) is 0 Å². The fourth-order valence-electron chi connectivity index (χ4n) is 3.83. The lowest BCUT2D eigenvalue weighted by Crippen LogP contribution is -2.49. The summed E-state index contributed by atoms with van der Waals surface area (Å²) >= 11 is 0. The maximum absolute atomic E-state index is 12.7. The summed E-state index contributed by atoms with van der Waals surface area (Å²) in [5, 5.41) is 5.90. The van der Waals surface area contributed by atoms with E-state index in [0.29, 0.717) is 58.2 Å². The third-order valence-corrected chi connectivity index (χ3v) is 5.13. The van der Waals surface area contributed by atoms with E-state index in [1.54, 1.807) is 9.80 Å². The Morgan fingerprint density at radius 3 is 2.11 bits per heavy atom. The average molecular weight is 382 g/mol. The molecule has 2 aliphatic rings. The third kappa shape index (κ3) is 5.49. The van der Waals surface area contributed by atoms with Crippen molar-refractivity contribution in [2.75, 3.05) is 45.8 Å². The summed E-state index contributed by atoms with van der Waals surface area (Å²) in [6, 6.07) is -0.202. The first-order chi connectivity index (χ1) is 12.7. The highest BCUT2D eigenvalue weighted by atomic mass is 16.2. The molecular weight excluding hydrogens is 346 g/mol. The van der Waals surface area contributed by atoms with Crippen LogP contribution in [0.1, 0.15) is 41.0 Å². The van der Waals surface area contributed by atoms with Crippen molar-refractivity contribution in [3.63, 3.8) is 0 Å². The number of likely N-dealkylation sites (tertiary alicyclic amines) is 1. The van der Waals surface area contributed by atoms with E-state index >= 15 is 0 Å². The topological polar surface area (TPSA) is 85.0 Å². The van der Waals surface area contributed by atoms with Gasteiger partial charge in [0.1, 0.15) is 0 Å². The van der Waals surface area contributed by atoms with Crippen LogP contribution in [0.2, 0.25) is 0 Å². The second-order valence-corrected chi connectivity index (χ2v) is 8.61. The fraction of sp³-hybridized carbons (Fsp3) is 0.842. The first-order valence-corrected chi connectivity index (χ1v) is 10.0. The smallest absolute Gasteiger partial charge is 0.317 e. The highest BCUT2D eigenvalue weighted by molar-refractivity contribution is 5.81. The average Bonchev–Trinajstić information content (AvgIpc) is 2.77. The zero-order valence-corrected chi connectivity index (χ0v) is 17.4. The molecule has 27 heavy (non-hydrogen) atoms. The minimum absolute atomic E-state index is 0.0412. The zero-order chi connectivity index (χ0) is 20.2.